The Morgan fingerprint density at radius 1 is 1.33 bits per heavy atom. The molecule has 0 radical (unpaired) electrons. The predicted octanol–water partition coefficient (Wildman–Crippen LogP) is 2.25. The number of amides is 1. The van der Waals surface area contributed by atoms with Gasteiger partial charge in [0, 0.05) is 24.1 Å². The Morgan fingerprint density at radius 3 is 2.33 bits per heavy atom. The average molecular weight is 270 g/mol. The van der Waals surface area contributed by atoms with E-state index in [-0.39, 0.29) is 35.2 Å². The number of nitrogens with zero attached hydrogens (tertiary/aromatic N) is 1. The molecule has 1 aliphatic rings. The largest absolute Gasteiger partial charge is 0.398 e. The van der Waals surface area contributed by atoms with Crippen LogP contribution in [0.4, 0.5) is 5.69 Å². The minimum atomic E-state index is -0.140. The third kappa shape index (κ3) is 2.05. The van der Waals surface area contributed by atoms with Crippen LogP contribution in [-0.4, -0.2) is 16.9 Å². The SMILES string of the molecule is CC1(C)C(NC(=O)c2cnccc2N)C1(C)C.Cl. The van der Waals surface area contributed by atoms with Gasteiger partial charge in [0.15, 0.2) is 0 Å². The molecule has 4 nitrogen and oxygen atoms in total. The van der Waals surface area contributed by atoms with Crippen LogP contribution in [0.2, 0.25) is 0 Å². The molecular weight excluding hydrogens is 250 g/mol. The van der Waals surface area contributed by atoms with Crippen molar-refractivity contribution >= 4 is 24.0 Å². The second-order valence-electron chi connectivity index (χ2n) is 5.81. The Balaban J connectivity index is 0.00000162. The van der Waals surface area contributed by atoms with E-state index in [2.05, 4.69) is 38.0 Å². The lowest BCUT2D eigenvalue weighted by Gasteiger charge is -2.08. The van der Waals surface area contributed by atoms with Gasteiger partial charge >= 0.3 is 0 Å². The second-order valence-corrected chi connectivity index (χ2v) is 5.81. The third-order valence-electron chi connectivity index (χ3n) is 4.40. The van der Waals surface area contributed by atoms with Gasteiger partial charge in [-0.15, -0.1) is 12.4 Å². The van der Waals surface area contributed by atoms with E-state index in [0.29, 0.717) is 11.3 Å². The first-order chi connectivity index (χ1) is 7.78. The van der Waals surface area contributed by atoms with Crippen molar-refractivity contribution in [2.45, 2.75) is 33.7 Å². The number of nitrogens with one attached hydrogen (secondary N) is 1. The fourth-order valence-corrected chi connectivity index (χ4v) is 2.36. The predicted molar refractivity (Wildman–Crippen MR) is 74.7 cm³/mol. The molecule has 100 valence electrons. The number of nitrogens with two attached hydrogens (primary N) is 1. The highest BCUT2D eigenvalue weighted by Crippen LogP contribution is 2.62. The Hall–Kier alpha value is -1.29. The van der Waals surface area contributed by atoms with Gasteiger partial charge in [-0.25, -0.2) is 0 Å². The van der Waals surface area contributed by atoms with Crippen LogP contribution in [0, 0.1) is 10.8 Å². The Labute approximate surface area is 114 Å². The number of nitrogen functional groups attached to an aromatic ring is 1. The number of rotatable bonds is 2. The van der Waals surface area contributed by atoms with Crippen LogP contribution < -0.4 is 11.1 Å². The molecule has 1 saturated carbocycles. The molecule has 0 saturated heterocycles. The molecule has 2 rings (SSSR count). The molecule has 1 heterocycles. The van der Waals surface area contributed by atoms with E-state index in [9.17, 15) is 4.79 Å². The molecule has 3 N–H and O–H groups in total. The summed E-state index contributed by atoms with van der Waals surface area (Å²) in [6, 6.07) is 1.82. The van der Waals surface area contributed by atoms with Crippen molar-refractivity contribution in [2.75, 3.05) is 5.73 Å². The lowest BCUT2D eigenvalue weighted by atomic mass is 10.0. The van der Waals surface area contributed by atoms with Crippen LogP contribution in [-0.2, 0) is 0 Å². The van der Waals surface area contributed by atoms with E-state index in [1.54, 1.807) is 12.3 Å². The fourth-order valence-electron chi connectivity index (χ4n) is 2.36. The minimum absolute atomic E-state index is 0. The number of anilines is 1. The highest BCUT2D eigenvalue weighted by Gasteiger charge is 2.65. The van der Waals surface area contributed by atoms with Gasteiger partial charge in [-0.1, -0.05) is 27.7 Å². The first kappa shape index (κ1) is 14.8. The Bertz CT molecular complexity index is 457. The maximum absolute atomic E-state index is 12.1. The van der Waals surface area contributed by atoms with E-state index < -0.39 is 0 Å². The molecule has 1 aliphatic carbocycles. The summed E-state index contributed by atoms with van der Waals surface area (Å²) in [7, 11) is 0. The highest BCUT2D eigenvalue weighted by molar-refractivity contribution is 5.99. The quantitative estimate of drug-likeness (QED) is 0.865. The maximum Gasteiger partial charge on any atom is 0.255 e. The molecule has 1 amide bonds. The van der Waals surface area contributed by atoms with Crippen molar-refractivity contribution in [3.05, 3.63) is 24.0 Å². The lowest BCUT2D eigenvalue weighted by molar-refractivity contribution is 0.0944. The van der Waals surface area contributed by atoms with Crippen LogP contribution in [0.25, 0.3) is 0 Å². The first-order valence-corrected chi connectivity index (χ1v) is 5.79. The van der Waals surface area contributed by atoms with Crippen LogP contribution in [0.5, 0.6) is 0 Å². The second kappa shape index (κ2) is 4.43. The van der Waals surface area contributed by atoms with Crippen molar-refractivity contribution in [1.82, 2.24) is 10.3 Å². The van der Waals surface area contributed by atoms with Crippen molar-refractivity contribution in [3.63, 3.8) is 0 Å². The molecule has 0 aromatic carbocycles. The average Bonchev–Trinajstić information content (AvgIpc) is 2.61. The van der Waals surface area contributed by atoms with Crippen molar-refractivity contribution < 1.29 is 4.79 Å². The van der Waals surface area contributed by atoms with Crippen LogP contribution >= 0.6 is 12.4 Å². The van der Waals surface area contributed by atoms with Gasteiger partial charge in [0.1, 0.15) is 0 Å². The first-order valence-electron chi connectivity index (χ1n) is 5.79. The number of pyridine rings is 1. The normalized spacial score (nSPS) is 19.8. The maximum atomic E-state index is 12.1. The summed E-state index contributed by atoms with van der Waals surface area (Å²) in [6.45, 7) is 8.63. The molecule has 1 fully saturated rings. The topological polar surface area (TPSA) is 68.0 Å². The fraction of sp³-hybridized carbons (Fsp3) is 0.538. The molecule has 0 unspecified atom stereocenters. The van der Waals surface area contributed by atoms with Gasteiger partial charge in [-0.2, -0.15) is 0 Å². The zero-order valence-electron chi connectivity index (χ0n) is 11.2. The molecule has 1 aromatic heterocycles. The number of halogens is 1. The van der Waals surface area contributed by atoms with Gasteiger partial charge in [-0.05, 0) is 16.9 Å². The van der Waals surface area contributed by atoms with Crippen molar-refractivity contribution in [1.29, 1.82) is 0 Å². The third-order valence-corrected chi connectivity index (χ3v) is 4.40. The summed E-state index contributed by atoms with van der Waals surface area (Å²) in [5.41, 5.74) is 6.92. The summed E-state index contributed by atoms with van der Waals surface area (Å²) in [6.07, 6.45) is 3.09. The van der Waals surface area contributed by atoms with Crippen LogP contribution in [0.15, 0.2) is 18.5 Å². The zero-order valence-corrected chi connectivity index (χ0v) is 12.0. The molecule has 0 aliphatic heterocycles. The molecule has 5 heteroatoms. The zero-order chi connectivity index (χ0) is 12.8. The molecule has 0 atom stereocenters. The van der Waals surface area contributed by atoms with E-state index in [4.69, 9.17) is 5.73 Å². The lowest BCUT2D eigenvalue weighted by Crippen LogP contribution is -2.30. The van der Waals surface area contributed by atoms with Gasteiger partial charge in [0.25, 0.3) is 5.91 Å². The number of carbonyl (C=O) groups excluding carboxylic acids is 1. The van der Waals surface area contributed by atoms with Crippen LogP contribution in [0.3, 0.4) is 0 Å². The molecular formula is C13H20ClN3O. The molecule has 1 aromatic rings. The summed E-state index contributed by atoms with van der Waals surface area (Å²) in [5, 5.41) is 3.03. The van der Waals surface area contributed by atoms with Gasteiger partial charge in [0.05, 0.1) is 5.56 Å². The summed E-state index contributed by atoms with van der Waals surface area (Å²) in [5.74, 6) is -0.140. The number of carbonyl (C=O) groups is 1. The molecule has 0 bridgehead atoms. The van der Waals surface area contributed by atoms with E-state index in [1.807, 2.05) is 0 Å². The minimum Gasteiger partial charge on any atom is -0.398 e. The van der Waals surface area contributed by atoms with Gasteiger partial charge in [0.2, 0.25) is 0 Å². The number of hydrogen-bond acceptors (Lipinski definition) is 3. The molecule has 0 spiro atoms. The Kier molecular flexibility index (Phi) is 3.63. The van der Waals surface area contributed by atoms with Crippen LogP contribution in [0.1, 0.15) is 38.1 Å². The number of aromatic nitrogens is 1. The molecule has 18 heavy (non-hydrogen) atoms. The smallest absolute Gasteiger partial charge is 0.255 e. The summed E-state index contributed by atoms with van der Waals surface area (Å²) >= 11 is 0. The standard InChI is InChI=1S/C13H19N3O.ClH/c1-12(2)11(13(12,3)4)16-10(17)8-7-15-6-5-9(8)14;/h5-7,11H,1-4H3,(H2,14,15)(H,16,17);1H. The summed E-state index contributed by atoms with van der Waals surface area (Å²) < 4.78 is 0. The van der Waals surface area contributed by atoms with E-state index >= 15 is 0 Å². The summed E-state index contributed by atoms with van der Waals surface area (Å²) in [4.78, 5) is 16.0. The Morgan fingerprint density at radius 2 is 1.89 bits per heavy atom. The number of hydrogen-bond donors (Lipinski definition) is 2. The monoisotopic (exact) mass is 269 g/mol. The van der Waals surface area contributed by atoms with Gasteiger partial charge < -0.3 is 11.1 Å². The van der Waals surface area contributed by atoms with Crippen molar-refractivity contribution in [3.8, 4) is 0 Å². The van der Waals surface area contributed by atoms with E-state index in [0.717, 1.165) is 0 Å². The van der Waals surface area contributed by atoms with Crippen molar-refractivity contribution in [2.24, 2.45) is 10.8 Å². The van der Waals surface area contributed by atoms with Gasteiger partial charge in [-0.3, -0.25) is 9.78 Å². The van der Waals surface area contributed by atoms with E-state index in [1.165, 1.54) is 6.20 Å². The highest BCUT2D eigenvalue weighted by atomic mass is 35.5.